The number of carboxylic acids is 1. The molecule has 0 radical (unpaired) electrons. The lowest BCUT2D eigenvalue weighted by Gasteiger charge is -2.18. The smallest absolute Gasteiger partial charge is 0.339 e. The lowest BCUT2D eigenvalue weighted by atomic mass is 10.2. The van der Waals surface area contributed by atoms with E-state index in [1.54, 1.807) is 11.9 Å². The number of aromatic carboxylic acids is 1. The van der Waals surface area contributed by atoms with Crippen molar-refractivity contribution in [2.24, 2.45) is 0 Å². The molecule has 110 valence electrons. The number of rotatable bonds is 6. The van der Waals surface area contributed by atoms with E-state index in [4.69, 9.17) is 5.11 Å². The fraction of sp³-hybridized carbons (Fsp3) is 0.429. The topological polar surface area (TPSA) is 89.9 Å². The summed E-state index contributed by atoms with van der Waals surface area (Å²) in [4.78, 5) is 24.3. The number of benzene rings is 1. The van der Waals surface area contributed by atoms with Crippen LogP contribution >= 0.6 is 0 Å². The third kappa shape index (κ3) is 4.46. The Labute approximate surface area is 118 Å². The summed E-state index contributed by atoms with van der Waals surface area (Å²) in [7, 11) is 1.68. The summed E-state index contributed by atoms with van der Waals surface area (Å²) in [6.07, 6.45) is 3.06. The molecule has 0 aliphatic rings. The van der Waals surface area contributed by atoms with Gasteiger partial charge in [0.05, 0.1) is 0 Å². The molecule has 0 unspecified atom stereocenters. The van der Waals surface area contributed by atoms with Crippen LogP contribution in [0.3, 0.4) is 0 Å². The monoisotopic (exact) mass is 280 g/mol. The van der Waals surface area contributed by atoms with Gasteiger partial charge in [-0.25, -0.2) is 9.59 Å². The van der Waals surface area contributed by atoms with Crippen LogP contribution in [0.5, 0.6) is 5.75 Å². The number of carbonyl (C=O) groups is 2. The first-order chi connectivity index (χ1) is 9.45. The zero-order valence-electron chi connectivity index (χ0n) is 11.7. The van der Waals surface area contributed by atoms with Crippen molar-refractivity contribution in [1.29, 1.82) is 0 Å². The molecular formula is C14H20N2O4. The van der Waals surface area contributed by atoms with Crippen molar-refractivity contribution in [3.05, 3.63) is 23.8 Å². The number of nitrogens with one attached hydrogen (secondary N) is 1. The van der Waals surface area contributed by atoms with Gasteiger partial charge in [0.15, 0.2) is 0 Å². The van der Waals surface area contributed by atoms with Crippen molar-refractivity contribution in [2.45, 2.75) is 26.2 Å². The summed E-state index contributed by atoms with van der Waals surface area (Å²) in [5.41, 5.74) is 0.101. The average Bonchev–Trinajstić information content (AvgIpc) is 2.40. The van der Waals surface area contributed by atoms with E-state index in [1.165, 1.54) is 18.2 Å². The van der Waals surface area contributed by atoms with Gasteiger partial charge >= 0.3 is 12.0 Å². The SMILES string of the molecule is CCCCCN(C)C(=O)Nc1ccc(O)c(C(=O)O)c1. The Balaban J connectivity index is 2.66. The summed E-state index contributed by atoms with van der Waals surface area (Å²) in [6, 6.07) is 3.63. The molecule has 1 aromatic rings. The minimum absolute atomic E-state index is 0.239. The van der Waals surface area contributed by atoms with Gasteiger partial charge in [0.1, 0.15) is 11.3 Å². The number of hydrogen-bond donors (Lipinski definition) is 3. The number of phenols is 1. The van der Waals surface area contributed by atoms with Crippen LogP contribution in [0.15, 0.2) is 18.2 Å². The zero-order valence-corrected chi connectivity index (χ0v) is 11.7. The largest absolute Gasteiger partial charge is 0.507 e. The van der Waals surface area contributed by atoms with Crippen LogP contribution in [0.25, 0.3) is 0 Å². The molecule has 0 atom stereocenters. The quantitative estimate of drug-likeness (QED) is 0.552. The van der Waals surface area contributed by atoms with Gasteiger partial charge in [-0.05, 0) is 24.6 Å². The number of nitrogens with zero attached hydrogens (tertiary/aromatic N) is 1. The van der Waals surface area contributed by atoms with Crippen molar-refractivity contribution >= 4 is 17.7 Å². The van der Waals surface area contributed by atoms with Crippen molar-refractivity contribution in [2.75, 3.05) is 18.9 Å². The summed E-state index contributed by atoms with van der Waals surface area (Å²) >= 11 is 0. The fourth-order valence-corrected chi connectivity index (χ4v) is 1.70. The zero-order chi connectivity index (χ0) is 15.1. The summed E-state index contributed by atoms with van der Waals surface area (Å²) in [5, 5.41) is 20.9. The maximum atomic E-state index is 11.9. The molecule has 6 nitrogen and oxygen atoms in total. The molecule has 0 bridgehead atoms. The van der Waals surface area contributed by atoms with Gasteiger partial charge in [-0.2, -0.15) is 0 Å². The first-order valence-electron chi connectivity index (χ1n) is 6.54. The Bertz CT molecular complexity index is 488. The third-order valence-electron chi connectivity index (χ3n) is 2.92. The highest BCUT2D eigenvalue weighted by atomic mass is 16.4. The Kier molecular flexibility index (Phi) is 5.83. The third-order valence-corrected chi connectivity index (χ3v) is 2.92. The lowest BCUT2D eigenvalue weighted by molar-refractivity contribution is 0.0693. The number of aromatic hydroxyl groups is 1. The predicted octanol–water partition coefficient (Wildman–Crippen LogP) is 2.74. The van der Waals surface area contributed by atoms with Crippen LogP contribution in [0.1, 0.15) is 36.5 Å². The fourth-order valence-electron chi connectivity index (χ4n) is 1.70. The Morgan fingerprint density at radius 1 is 1.30 bits per heavy atom. The van der Waals surface area contributed by atoms with Gasteiger partial charge in [-0.3, -0.25) is 0 Å². The highest BCUT2D eigenvalue weighted by molar-refractivity contribution is 5.95. The minimum Gasteiger partial charge on any atom is -0.507 e. The highest BCUT2D eigenvalue weighted by Gasteiger charge is 2.13. The van der Waals surface area contributed by atoms with E-state index in [-0.39, 0.29) is 17.3 Å². The molecule has 6 heteroatoms. The molecule has 0 spiro atoms. The number of carbonyl (C=O) groups excluding carboxylic acids is 1. The predicted molar refractivity (Wildman–Crippen MR) is 76.2 cm³/mol. The van der Waals surface area contributed by atoms with Gasteiger partial charge in [0.25, 0.3) is 0 Å². The van der Waals surface area contributed by atoms with E-state index >= 15 is 0 Å². The number of anilines is 1. The Hall–Kier alpha value is -2.24. The summed E-state index contributed by atoms with van der Waals surface area (Å²) < 4.78 is 0. The first kappa shape index (κ1) is 15.8. The average molecular weight is 280 g/mol. The summed E-state index contributed by atoms with van der Waals surface area (Å²) in [6.45, 7) is 2.73. The van der Waals surface area contributed by atoms with Crippen molar-refractivity contribution in [3.8, 4) is 5.75 Å². The molecule has 3 N–H and O–H groups in total. The normalized spacial score (nSPS) is 10.1. The Morgan fingerprint density at radius 2 is 2.00 bits per heavy atom. The molecule has 0 saturated carbocycles. The van der Waals surface area contributed by atoms with Gasteiger partial charge < -0.3 is 20.4 Å². The molecule has 20 heavy (non-hydrogen) atoms. The Morgan fingerprint density at radius 3 is 2.60 bits per heavy atom. The van der Waals surface area contributed by atoms with Gasteiger partial charge in [0, 0.05) is 19.3 Å². The van der Waals surface area contributed by atoms with Crippen molar-refractivity contribution in [1.82, 2.24) is 4.90 Å². The minimum atomic E-state index is -1.24. The highest BCUT2D eigenvalue weighted by Crippen LogP contribution is 2.21. The van der Waals surface area contributed by atoms with E-state index in [0.29, 0.717) is 12.2 Å². The van der Waals surface area contributed by atoms with Crippen LogP contribution < -0.4 is 5.32 Å². The number of urea groups is 1. The van der Waals surface area contributed by atoms with Crippen LogP contribution in [0.2, 0.25) is 0 Å². The van der Waals surface area contributed by atoms with Crippen LogP contribution in [0, 0.1) is 0 Å². The molecule has 2 amide bonds. The standard InChI is InChI=1S/C14H20N2O4/c1-3-4-5-8-16(2)14(20)15-10-6-7-12(17)11(9-10)13(18)19/h6-7,9,17H,3-5,8H2,1-2H3,(H,15,20)(H,18,19). The molecule has 0 aliphatic carbocycles. The maximum absolute atomic E-state index is 11.9. The number of carboxylic acid groups (broad SMARTS) is 1. The molecule has 0 fully saturated rings. The molecule has 1 aromatic carbocycles. The maximum Gasteiger partial charge on any atom is 0.339 e. The van der Waals surface area contributed by atoms with Crippen LogP contribution in [0.4, 0.5) is 10.5 Å². The molecule has 0 aromatic heterocycles. The van der Waals surface area contributed by atoms with E-state index in [0.717, 1.165) is 19.3 Å². The molecule has 0 saturated heterocycles. The number of hydrogen-bond acceptors (Lipinski definition) is 3. The number of amides is 2. The number of unbranched alkanes of at least 4 members (excludes halogenated alkanes) is 2. The molecule has 0 aliphatic heterocycles. The van der Waals surface area contributed by atoms with E-state index in [1.807, 2.05) is 0 Å². The summed E-state index contributed by atoms with van der Waals surface area (Å²) in [5.74, 6) is -1.57. The second-order valence-corrected chi connectivity index (χ2v) is 4.60. The van der Waals surface area contributed by atoms with E-state index < -0.39 is 5.97 Å². The van der Waals surface area contributed by atoms with Crippen LogP contribution in [-0.4, -0.2) is 40.7 Å². The van der Waals surface area contributed by atoms with Gasteiger partial charge in [-0.1, -0.05) is 19.8 Å². The first-order valence-corrected chi connectivity index (χ1v) is 6.54. The van der Waals surface area contributed by atoms with Crippen molar-refractivity contribution < 1.29 is 19.8 Å². The van der Waals surface area contributed by atoms with Crippen LogP contribution in [-0.2, 0) is 0 Å². The molecule has 0 heterocycles. The van der Waals surface area contributed by atoms with E-state index in [2.05, 4.69) is 12.2 Å². The van der Waals surface area contributed by atoms with Gasteiger partial charge in [0.2, 0.25) is 0 Å². The second kappa shape index (κ2) is 7.37. The van der Waals surface area contributed by atoms with E-state index in [9.17, 15) is 14.7 Å². The molecular weight excluding hydrogens is 260 g/mol. The van der Waals surface area contributed by atoms with Crippen molar-refractivity contribution in [3.63, 3.8) is 0 Å². The second-order valence-electron chi connectivity index (χ2n) is 4.60. The van der Waals surface area contributed by atoms with Gasteiger partial charge in [-0.15, -0.1) is 0 Å². The molecule has 1 rings (SSSR count). The lowest BCUT2D eigenvalue weighted by Crippen LogP contribution is -2.32.